The molecular weight excluding hydrogens is 182 g/mol. The highest BCUT2D eigenvalue weighted by atomic mass is 16.2. The second-order valence-corrected chi connectivity index (χ2v) is 3.73. The molecule has 14 heavy (non-hydrogen) atoms. The van der Waals surface area contributed by atoms with Gasteiger partial charge in [0, 0.05) is 18.3 Å². The zero-order valence-electron chi connectivity index (χ0n) is 8.74. The number of Topliss-reactive ketones (excluding diaryl/α,β-unsaturated/α-hetero) is 1. The van der Waals surface area contributed by atoms with Crippen molar-refractivity contribution in [2.24, 2.45) is 11.8 Å². The number of carbonyl (C=O) groups is 3. The quantitative estimate of drug-likeness (QED) is 0.623. The molecule has 4 heteroatoms. The standard InChI is InChI=1S/C10H15NO3/c1-4-8(12)5-11-9(13)6(2)7(3)10(11)14/h6-7H,4-5H2,1-3H3. The van der Waals surface area contributed by atoms with Crippen LogP contribution in [0, 0.1) is 11.8 Å². The summed E-state index contributed by atoms with van der Waals surface area (Å²) in [6, 6.07) is 0. The molecule has 0 aromatic heterocycles. The Morgan fingerprint density at radius 2 is 1.64 bits per heavy atom. The Balaban J connectivity index is 2.75. The van der Waals surface area contributed by atoms with Crippen LogP contribution in [0.15, 0.2) is 0 Å². The van der Waals surface area contributed by atoms with Gasteiger partial charge >= 0.3 is 0 Å². The van der Waals surface area contributed by atoms with Crippen LogP contribution >= 0.6 is 0 Å². The summed E-state index contributed by atoms with van der Waals surface area (Å²) < 4.78 is 0. The Labute approximate surface area is 83.3 Å². The van der Waals surface area contributed by atoms with Gasteiger partial charge in [-0.25, -0.2) is 0 Å². The highest BCUT2D eigenvalue weighted by Crippen LogP contribution is 2.24. The van der Waals surface area contributed by atoms with Crippen LogP contribution in [0.5, 0.6) is 0 Å². The van der Waals surface area contributed by atoms with Gasteiger partial charge in [-0.05, 0) is 0 Å². The average molecular weight is 197 g/mol. The van der Waals surface area contributed by atoms with Crippen molar-refractivity contribution < 1.29 is 14.4 Å². The average Bonchev–Trinajstić information content (AvgIpc) is 2.35. The van der Waals surface area contributed by atoms with Gasteiger partial charge in [-0.2, -0.15) is 0 Å². The number of nitrogens with zero attached hydrogens (tertiary/aromatic N) is 1. The van der Waals surface area contributed by atoms with Crippen LogP contribution in [0.2, 0.25) is 0 Å². The van der Waals surface area contributed by atoms with Crippen LogP contribution in [0.4, 0.5) is 0 Å². The first-order valence-corrected chi connectivity index (χ1v) is 4.86. The van der Waals surface area contributed by atoms with Crippen LogP contribution in [0.3, 0.4) is 0 Å². The first-order valence-electron chi connectivity index (χ1n) is 4.86. The van der Waals surface area contributed by atoms with Gasteiger partial charge in [0.15, 0.2) is 5.78 Å². The molecule has 1 rings (SSSR count). The molecule has 0 aromatic rings. The summed E-state index contributed by atoms with van der Waals surface area (Å²) in [7, 11) is 0. The van der Waals surface area contributed by atoms with Crippen LogP contribution in [-0.4, -0.2) is 29.0 Å². The lowest BCUT2D eigenvalue weighted by atomic mass is 10.00. The van der Waals surface area contributed by atoms with Crippen molar-refractivity contribution in [2.75, 3.05) is 6.54 Å². The minimum atomic E-state index is -0.285. The van der Waals surface area contributed by atoms with Crippen molar-refractivity contribution in [1.29, 1.82) is 0 Å². The number of hydrogen-bond donors (Lipinski definition) is 0. The first-order chi connectivity index (χ1) is 6.49. The Hall–Kier alpha value is -1.19. The van der Waals surface area contributed by atoms with Gasteiger partial charge in [-0.15, -0.1) is 0 Å². The van der Waals surface area contributed by atoms with Gasteiger partial charge in [0.05, 0.1) is 6.54 Å². The third-order valence-corrected chi connectivity index (χ3v) is 2.79. The van der Waals surface area contributed by atoms with Gasteiger partial charge in [0.25, 0.3) is 0 Å². The number of rotatable bonds is 3. The van der Waals surface area contributed by atoms with E-state index in [-0.39, 0.29) is 36.0 Å². The van der Waals surface area contributed by atoms with E-state index < -0.39 is 0 Å². The number of ketones is 1. The van der Waals surface area contributed by atoms with Gasteiger partial charge in [-0.1, -0.05) is 20.8 Å². The Kier molecular flexibility index (Phi) is 3.03. The Bertz CT molecular complexity index is 265. The predicted octanol–water partition coefficient (Wildman–Crippen LogP) is 0.607. The third kappa shape index (κ3) is 1.69. The maximum absolute atomic E-state index is 11.5. The molecule has 1 aliphatic heterocycles. The lowest BCUT2D eigenvalue weighted by Gasteiger charge is -2.12. The molecule has 0 spiro atoms. The largest absolute Gasteiger partial charge is 0.298 e. The molecule has 0 aliphatic carbocycles. The summed E-state index contributed by atoms with van der Waals surface area (Å²) in [6.45, 7) is 5.12. The molecule has 2 amide bonds. The summed E-state index contributed by atoms with van der Waals surface area (Å²) in [4.78, 5) is 35.3. The van der Waals surface area contributed by atoms with E-state index in [1.54, 1.807) is 20.8 Å². The van der Waals surface area contributed by atoms with Gasteiger partial charge < -0.3 is 0 Å². The monoisotopic (exact) mass is 197 g/mol. The molecule has 0 saturated carbocycles. The normalized spacial score (nSPS) is 27.2. The van der Waals surface area contributed by atoms with Crippen LogP contribution in [0.1, 0.15) is 27.2 Å². The topological polar surface area (TPSA) is 54.5 Å². The molecule has 4 nitrogen and oxygen atoms in total. The second-order valence-electron chi connectivity index (χ2n) is 3.73. The molecule has 1 aliphatic rings. The van der Waals surface area contributed by atoms with Gasteiger partial charge in [0.1, 0.15) is 0 Å². The fraction of sp³-hybridized carbons (Fsp3) is 0.700. The van der Waals surface area contributed by atoms with Crippen molar-refractivity contribution in [3.63, 3.8) is 0 Å². The summed E-state index contributed by atoms with van der Waals surface area (Å²) >= 11 is 0. The molecule has 0 bridgehead atoms. The molecule has 78 valence electrons. The molecule has 2 unspecified atom stereocenters. The SMILES string of the molecule is CCC(=O)CN1C(=O)C(C)C(C)C1=O. The maximum Gasteiger partial charge on any atom is 0.233 e. The Morgan fingerprint density at radius 1 is 1.21 bits per heavy atom. The van der Waals surface area contributed by atoms with E-state index in [9.17, 15) is 14.4 Å². The fourth-order valence-electron chi connectivity index (χ4n) is 1.47. The van der Waals surface area contributed by atoms with Gasteiger partial charge in [0.2, 0.25) is 11.8 Å². The molecule has 1 fully saturated rings. The van der Waals surface area contributed by atoms with E-state index in [1.807, 2.05) is 0 Å². The minimum absolute atomic E-state index is 0.0527. The minimum Gasteiger partial charge on any atom is -0.298 e. The molecular formula is C10H15NO3. The maximum atomic E-state index is 11.5. The molecule has 0 N–H and O–H groups in total. The highest BCUT2D eigenvalue weighted by molar-refractivity contribution is 6.07. The van der Waals surface area contributed by atoms with Crippen molar-refractivity contribution in [2.45, 2.75) is 27.2 Å². The number of amides is 2. The Morgan fingerprint density at radius 3 is 2.00 bits per heavy atom. The van der Waals surface area contributed by atoms with Crippen LogP contribution in [0.25, 0.3) is 0 Å². The van der Waals surface area contributed by atoms with E-state index in [0.717, 1.165) is 4.90 Å². The number of hydrogen-bond acceptors (Lipinski definition) is 3. The first kappa shape index (κ1) is 10.9. The summed E-state index contributed by atoms with van der Waals surface area (Å²) in [5.41, 5.74) is 0. The molecule has 1 heterocycles. The van der Waals surface area contributed by atoms with E-state index >= 15 is 0 Å². The zero-order valence-corrected chi connectivity index (χ0v) is 8.74. The molecule has 0 aromatic carbocycles. The summed E-state index contributed by atoms with van der Waals surface area (Å²) in [6.07, 6.45) is 0.361. The van der Waals surface area contributed by atoms with Crippen LogP contribution in [-0.2, 0) is 14.4 Å². The van der Waals surface area contributed by atoms with Crippen molar-refractivity contribution in [1.82, 2.24) is 4.90 Å². The predicted molar refractivity (Wildman–Crippen MR) is 50.3 cm³/mol. The number of likely N-dealkylation sites (tertiary alicyclic amines) is 1. The highest BCUT2D eigenvalue weighted by Gasteiger charge is 2.42. The second kappa shape index (κ2) is 3.90. The van der Waals surface area contributed by atoms with Crippen molar-refractivity contribution in [3.8, 4) is 0 Å². The molecule has 0 radical (unpaired) electrons. The lowest BCUT2D eigenvalue weighted by molar-refractivity contribution is -0.143. The van der Waals surface area contributed by atoms with Crippen molar-refractivity contribution in [3.05, 3.63) is 0 Å². The zero-order chi connectivity index (χ0) is 10.9. The van der Waals surface area contributed by atoms with E-state index in [1.165, 1.54) is 0 Å². The fourth-order valence-corrected chi connectivity index (χ4v) is 1.47. The van der Waals surface area contributed by atoms with Crippen molar-refractivity contribution >= 4 is 17.6 Å². The molecule has 1 saturated heterocycles. The van der Waals surface area contributed by atoms with Gasteiger partial charge in [-0.3, -0.25) is 19.3 Å². The summed E-state index contributed by atoms with van der Waals surface area (Å²) in [5.74, 6) is -1.08. The van der Waals surface area contributed by atoms with E-state index in [0.29, 0.717) is 6.42 Å². The third-order valence-electron chi connectivity index (χ3n) is 2.79. The van der Waals surface area contributed by atoms with Crippen LogP contribution < -0.4 is 0 Å². The molecule has 2 atom stereocenters. The summed E-state index contributed by atoms with van der Waals surface area (Å²) in [5, 5.41) is 0. The van der Waals surface area contributed by atoms with E-state index in [2.05, 4.69) is 0 Å². The van der Waals surface area contributed by atoms with E-state index in [4.69, 9.17) is 0 Å². The number of carbonyl (C=O) groups excluding carboxylic acids is 3. The smallest absolute Gasteiger partial charge is 0.233 e. The lowest BCUT2D eigenvalue weighted by Crippen LogP contribution is -2.35. The number of imide groups is 1.